The Balaban J connectivity index is 1.76. The van der Waals surface area contributed by atoms with Gasteiger partial charge >= 0.3 is 0 Å². The van der Waals surface area contributed by atoms with E-state index >= 15 is 0 Å². The van der Waals surface area contributed by atoms with Gasteiger partial charge in [-0.1, -0.05) is 17.7 Å². The number of carbonyl (C=O) groups excluding carboxylic acids is 1. The van der Waals surface area contributed by atoms with Crippen LogP contribution < -0.4 is 0 Å². The second-order valence-electron chi connectivity index (χ2n) is 5.27. The highest BCUT2D eigenvalue weighted by Crippen LogP contribution is 2.32. The summed E-state index contributed by atoms with van der Waals surface area (Å²) in [5, 5.41) is 3.03. The van der Waals surface area contributed by atoms with E-state index in [9.17, 15) is 4.79 Å². The van der Waals surface area contributed by atoms with Crippen LogP contribution in [-0.4, -0.2) is 22.3 Å². The van der Waals surface area contributed by atoms with E-state index in [1.165, 1.54) is 11.3 Å². The minimum atomic E-state index is 0.128. The molecule has 0 atom stereocenters. The van der Waals surface area contributed by atoms with Crippen molar-refractivity contribution in [3.63, 3.8) is 0 Å². The van der Waals surface area contributed by atoms with E-state index in [0.29, 0.717) is 19.5 Å². The Morgan fingerprint density at radius 2 is 2.12 bits per heavy atom. The summed E-state index contributed by atoms with van der Waals surface area (Å²) < 4.78 is 0.756. The molecular weight excluding hydrogens is 380 g/mol. The summed E-state index contributed by atoms with van der Waals surface area (Å²) in [6.07, 6.45) is 0.395. The maximum atomic E-state index is 12.8. The molecule has 3 nitrogen and oxygen atoms in total. The quantitative estimate of drug-likeness (QED) is 0.552. The summed E-state index contributed by atoms with van der Waals surface area (Å²) in [5.41, 5.74) is 0.955. The molecule has 24 heavy (non-hydrogen) atoms. The van der Waals surface area contributed by atoms with Gasteiger partial charge in [0, 0.05) is 16.3 Å². The van der Waals surface area contributed by atoms with Crippen molar-refractivity contribution in [1.82, 2.24) is 9.88 Å². The highest BCUT2D eigenvalue weighted by molar-refractivity contribution is 7.16. The molecular formula is C17H17ClN2OS3. The summed E-state index contributed by atoms with van der Waals surface area (Å²) >= 11 is 10.8. The van der Waals surface area contributed by atoms with Gasteiger partial charge in [-0.3, -0.25) is 4.79 Å². The van der Waals surface area contributed by atoms with Crippen molar-refractivity contribution in [3.05, 3.63) is 48.7 Å². The van der Waals surface area contributed by atoms with Crippen LogP contribution >= 0.6 is 45.6 Å². The third-order valence-electron chi connectivity index (χ3n) is 3.58. The summed E-state index contributed by atoms with van der Waals surface area (Å²) in [5.74, 6) is 0.128. The molecule has 0 aliphatic heterocycles. The van der Waals surface area contributed by atoms with Crippen molar-refractivity contribution in [2.45, 2.75) is 26.8 Å². The largest absolute Gasteiger partial charge is 0.338 e. The number of halogens is 1. The van der Waals surface area contributed by atoms with Crippen molar-refractivity contribution in [1.29, 1.82) is 0 Å². The van der Waals surface area contributed by atoms with Crippen LogP contribution in [0.2, 0.25) is 4.34 Å². The highest BCUT2D eigenvalue weighted by Gasteiger charge is 2.19. The fourth-order valence-electron chi connectivity index (χ4n) is 2.45. The lowest BCUT2D eigenvalue weighted by molar-refractivity contribution is -0.130. The van der Waals surface area contributed by atoms with Crippen LogP contribution in [0.15, 0.2) is 29.6 Å². The van der Waals surface area contributed by atoms with Gasteiger partial charge in [-0.05, 0) is 37.4 Å². The first-order valence-corrected chi connectivity index (χ1v) is 10.5. The first-order chi connectivity index (χ1) is 11.6. The highest BCUT2D eigenvalue weighted by atomic mass is 35.5. The molecule has 3 aromatic rings. The number of aromatic nitrogens is 1. The summed E-state index contributed by atoms with van der Waals surface area (Å²) in [6, 6.07) is 7.93. The Morgan fingerprint density at radius 3 is 2.75 bits per heavy atom. The van der Waals surface area contributed by atoms with Gasteiger partial charge in [0.1, 0.15) is 0 Å². The molecule has 0 unspecified atom stereocenters. The van der Waals surface area contributed by atoms with Crippen molar-refractivity contribution in [2.24, 2.45) is 0 Å². The van der Waals surface area contributed by atoms with E-state index in [0.717, 1.165) is 29.7 Å². The van der Waals surface area contributed by atoms with Crippen LogP contribution in [0.5, 0.6) is 0 Å². The number of nitrogens with zero attached hydrogens (tertiary/aromatic N) is 2. The average Bonchev–Trinajstić information content (AvgIpc) is 3.26. The molecule has 0 aromatic carbocycles. The number of thiophene rings is 2. The third kappa shape index (κ3) is 4.06. The summed E-state index contributed by atoms with van der Waals surface area (Å²) in [4.78, 5) is 22.5. The molecule has 0 aliphatic carbocycles. The standard InChI is InChI=1S/C17H17ClN2OS3/c1-3-20(10-12-6-7-15(18)24-12)16(21)9-14-17(19-11(2)23-14)13-5-4-8-22-13/h4-8H,3,9-10H2,1-2H3. The van der Waals surface area contributed by atoms with Gasteiger partial charge in [0.05, 0.1) is 32.9 Å². The van der Waals surface area contributed by atoms with Gasteiger partial charge in [0.15, 0.2) is 0 Å². The van der Waals surface area contributed by atoms with E-state index < -0.39 is 0 Å². The minimum Gasteiger partial charge on any atom is -0.338 e. The number of thiazole rings is 1. The Morgan fingerprint density at radius 1 is 1.29 bits per heavy atom. The van der Waals surface area contributed by atoms with Crippen molar-refractivity contribution >= 4 is 51.5 Å². The van der Waals surface area contributed by atoms with Crippen LogP contribution in [0.25, 0.3) is 10.6 Å². The number of hydrogen-bond donors (Lipinski definition) is 0. The molecule has 0 spiro atoms. The van der Waals surface area contributed by atoms with Crippen LogP contribution in [0.3, 0.4) is 0 Å². The summed E-state index contributed by atoms with van der Waals surface area (Å²) in [7, 11) is 0. The van der Waals surface area contributed by atoms with Crippen molar-refractivity contribution in [3.8, 4) is 10.6 Å². The molecule has 0 radical (unpaired) electrons. The van der Waals surface area contributed by atoms with E-state index in [4.69, 9.17) is 11.6 Å². The van der Waals surface area contributed by atoms with Gasteiger partial charge in [-0.25, -0.2) is 4.98 Å². The fourth-order valence-corrected chi connectivity index (χ4v) is 5.30. The number of hydrogen-bond acceptors (Lipinski definition) is 5. The molecule has 0 bridgehead atoms. The zero-order valence-corrected chi connectivity index (χ0v) is 16.6. The molecule has 0 saturated carbocycles. The van der Waals surface area contributed by atoms with Crippen LogP contribution in [0, 0.1) is 6.92 Å². The number of likely N-dealkylation sites (N-methyl/N-ethyl adjacent to an activating group) is 1. The van der Waals surface area contributed by atoms with Crippen LogP contribution in [-0.2, 0) is 17.8 Å². The Hall–Kier alpha value is -1.21. The van der Waals surface area contributed by atoms with E-state index in [2.05, 4.69) is 11.1 Å². The molecule has 0 N–H and O–H groups in total. The van der Waals surface area contributed by atoms with Crippen molar-refractivity contribution < 1.29 is 4.79 Å². The summed E-state index contributed by atoms with van der Waals surface area (Å²) in [6.45, 7) is 5.28. The normalized spacial score (nSPS) is 11.0. The second kappa shape index (κ2) is 7.78. The molecule has 0 fully saturated rings. The first kappa shape index (κ1) is 17.6. The zero-order chi connectivity index (χ0) is 17.1. The third-order valence-corrected chi connectivity index (χ3v) is 6.64. The Bertz CT molecular complexity index is 823. The average molecular weight is 397 g/mol. The molecule has 0 aliphatic rings. The molecule has 3 rings (SSSR count). The zero-order valence-electron chi connectivity index (χ0n) is 13.4. The van der Waals surface area contributed by atoms with Crippen LogP contribution in [0.1, 0.15) is 21.7 Å². The lowest BCUT2D eigenvalue weighted by Gasteiger charge is -2.20. The fraction of sp³-hybridized carbons (Fsp3) is 0.294. The number of aryl methyl sites for hydroxylation is 1. The Kier molecular flexibility index (Phi) is 5.71. The van der Waals surface area contributed by atoms with Crippen molar-refractivity contribution in [2.75, 3.05) is 6.54 Å². The smallest absolute Gasteiger partial charge is 0.228 e. The predicted octanol–water partition coefficient (Wildman–Crippen LogP) is 5.49. The van der Waals surface area contributed by atoms with Gasteiger partial charge < -0.3 is 4.90 Å². The molecule has 3 aromatic heterocycles. The van der Waals surface area contributed by atoms with E-state index in [1.54, 1.807) is 22.7 Å². The lowest BCUT2D eigenvalue weighted by Crippen LogP contribution is -2.31. The van der Waals surface area contributed by atoms with Gasteiger partial charge in [-0.15, -0.1) is 34.0 Å². The molecule has 126 valence electrons. The van der Waals surface area contributed by atoms with E-state index in [-0.39, 0.29) is 5.91 Å². The van der Waals surface area contributed by atoms with Crippen LogP contribution in [0.4, 0.5) is 0 Å². The Labute approximate surface area is 158 Å². The number of rotatable bonds is 6. The van der Waals surface area contributed by atoms with E-state index in [1.807, 2.05) is 42.3 Å². The first-order valence-electron chi connectivity index (χ1n) is 7.59. The monoisotopic (exact) mass is 396 g/mol. The topological polar surface area (TPSA) is 33.2 Å². The number of carbonyl (C=O) groups is 1. The number of amides is 1. The second-order valence-corrected chi connectivity index (χ2v) is 9.31. The molecule has 1 amide bonds. The molecule has 0 saturated heterocycles. The maximum Gasteiger partial charge on any atom is 0.228 e. The minimum absolute atomic E-state index is 0.128. The molecule has 7 heteroatoms. The van der Waals surface area contributed by atoms with Gasteiger partial charge in [0.25, 0.3) is 0 Å². The SMILES string of the molecule is CCN(Cc1ccc(Cl)s1)C(=O)Cc1sc(C)nc1-c1cccs1. The predicted molar refractivity (Wildman–Crippen MR) is 104 cm³/mol. The maximum absolute atomic E-state index is 12.8. The van der Waals surface area contributed by atoms with Gasteiger partial charge in [-0.2, -0.15) is 0 Å². The lowest BCUT2D eigenvalue weighted by atomic mass is 10.2. The molecule has 3 heterocycles. The van der Waals surface area contributed by atoms with Gasteiger partial charge in [0.2, 0.25) is 5.91 Å².